The van der Waals surface area contributed by atoms with Crippen LogP contribution in [-0.4, -0.2) is 36.1 Å². The minimum absolute atomic E-state index is 0.645. The highest BCUT2D eigenvalue weighted by Crippen LogP contribution is 2.22. The highest BCUT2D eigenvalue weighted by Gasteiger charge is 2.18. The Balaban J connectivity index is 1.45. The second-order valence-electron chi connectivity index (χ2n) is 6.99. The van der Waals surface area contributed by atoms with E-state index in [2.05, 4.69) is 82.5 Å². The van der Waals surface area contributed by atoms with Gasteiger partial charge in [-0.15, -0.1) is 0 Å². The van der Waals surface area contributed by atoms with Crippen LogP contribution in [0, 0.1) is 13.8 Å². The fourth-order valence-corrected chi connectivity index (χ4v) is 3.41. The Morgan fingerprint density at radius 1 is 0.852 bits per heavy atom. The van der Waals surface area contributed by atoms with Gasteiger partial charge in [0.05, 0.1) is 0 Å². The molecule has 5 nitrogen and oxygen atoms in total. The largest absolute Gasteiger partial charge is 0.368 e. The molecule has 0 bridgehead atoms. The number of nitrogens with zero attached hydrogens (tertiary/aromatic N) is 4. The number of hydrogen-bond donors (Lipinski definition) is 1. The van der Waals surface area contributed by atoms with Crippen LogP contribution in [0.5, 0.6) is 0 Å². The van der Waals surface area contributed by atoms with Crippen molar-refractivity contribution in [2.24, 2.45) is 0 Å². The molecule has 1 aliphatic rings. The van der Waals surface area contributed by atoms with E-state index in [-0.39, 0.29) is 0 Å². The van der Waals surface area contributed by atoms with Gasteiger partial charge < -0.3 is 15.1 Å². The smallest absolute Gasteiger partial charge is 0.229 e. The first-order valence-corrected chi connectivity index (χ1v) is 9.41. The first-order valence-electron chi connectivity index (χ1n) is 9.41. The van der Waals surface area contributed by atoms with Crippen LogP contribution in [0.2, 0.25) is 0 Å². The first-order chi connectivity index (χ1) is 13.2. The van der Waals surface area contributed by atoms with E-state index in [1.165, 1.54) is 16.8 Å². The average Bonchev–Trinajstić information content (AvgIpc) is 2.72. The molecule has 1 fully saturated rings. The molecule has 27 heavy (non-hydrogen) atoms. The van der Waals surface area contributed by atoms with Crippen LogP contribution in [0.1, 0.15) is 11.1 Å². The highest BCUT2D eigenvalue weighted by molar-refractivity contribution is 5.60. The second kappa shape index (κ2) is 7.66. The molecular weight excluding hydrogens is 334 g/mol. The standard InChI is InChI=1S/C22H25N5/c1-17-8-9-18(2)20(16-17)24-22-23-11-10-21(25-22)27-14-12-26(13-15-27)19-6-4-3-5-7-19/h3-11,16H,12-15H2,1-2H3,(H,23,24,25). The van der Waals surface area contributed by atoms with Gasteiger partial charge in [-0.1, -0.05) is 30.3 Å². The number of anilines is 4. The SMILES string of the molecule is Cc1ccc(C)c(Nc2nccc(N3CCN(c4ccccc4)CC3)n2)c1. The number of nitrogens with one attached hydrogen (secondary N) is 1. The van der Waals surface area contributed by atoms with Crippen molar-refractivity contribution >= 4 is 23.1 Å². The Kier molecular flexibility index (Phi) is 4.92. The summed E-state index contributed by atoms with van der Waals surface area (Å²) < 4.78 is 0. The lowest BCUT2D eigenvalue weighted by atomic mass is 10.1. The molecule has 0 unspecified atom stereocenters. The van der Waals surface area contributed by atoms with E-state index in [1.807, 2.05) is 12.3 Å². The van der Waals surface area contributed by atoms with Gasteiger partial charge in [0.15, 0.2) is 0 Å². The normalized spacial score (nSPS) is 14.3. The van der Waals surface area contributed by atoms with E-state index in [0.29, 0.717) is 5.95 Å². The molecule has 1 N–H and O–H groups in total. The van der Waals surface area contributed by atoms with Crippen molar-refractivity contribution in [2.75, 3.05) is 41.3 Å². The van der Waals surface area contributed by atoms with Crippen molar-refractivity contribution in [3.05, 3.63) is 71.9 Å². The molecule has 138 valence electrons. The Labute approximate surface area is 160 Å². The molecule has 2 heterocycles. The quantitative estimate of drug-likeness (QED) is 0.758. The number of para-hydroxylation sites is 1. The molecule has 0 amide bonds. The molecule has 1 aromatic heterocycles. The maximum Gasteiger partial charge on any atom is 0.229 e. The van der Waals surface area contributed by atoms with Gasteiger partial charge in [0.25, 0.3) is 0 Å². The molecular formula is C22H25N5. The third-order valence-corrected chi connectivity index (χ3v) is 5.01. The maximum absolute atomic E-state index is 4.75. The number of piperazine rings is 1. The number of rotatable bonds is 4. The minimum Gasteiger partial charge on any atom is -0.368 e. The molecule has 3 aromatic rings. The topological polar surface area (TPSA) is 44.3 Å². The number of benzene rings is 2. The van der Waals surface area contributed by atoms with Gasteiger partial charge in [-0.25, -0.2) is 4.98 Å². The number of aromatic nitrogens is 2. The van der Waals surface area contributed by atoms with Crippen molar-refractivity contribution in [3.8, 4) is 0 Å². The van der Waals surface area contributed by atoms with Gasteiger partial charge in [0.1, 0.15) is 5.82 Å². The van der Waals surface area contributed by atoms with Gasteiger partial charge in [-0.05, 0) is 49.2 Å². The summed E-state index contributed by atoms with van der Waals surface area (Å²) in [6.07, 6.45) is 1.83. The van der Waals surface area contributed by atoms with Crippen LogP contribution >= 0.6 is 0 Å². The second-order valence-corrected chi connectivity index (χ2v) is 6.99. The van der Waals surface area contributed by atoms with Crippen molar-refractivity contribution in [3.63, 3.8) is 0 Å². The van der Waals surface area contributed by atoms with Gasteiger partial charge in [-0.2, -0.15) is 4.98 Å². The third-order valence-electron chi connectivity index (χ3n) is 5.01. The summed E-state index contributed by atoms with van der Waals surface area (Å²) in [6, 6.07) is 18.9. The molecule has 1 aliphatic heterocycles. The lowest BCUT2D eigenvalue weighted by Crippen LogP contribution is -2.46. The Hall–Kier alpha value is -3.08. The summed E-state index contributed by atoms with van der Waals surface area (Å²) in [5.74, 6) is 1.62. The monoisotopic (exact) mass is 359 g/mol. The molecule has 0 spiro atoms. The van der Waals surface area contributed by atoms with Crippen molar-refractivity contribution in [1.29, 1.82) is 0 Å². The van der Waals surface area contributed by atoms with Crippen LogP contribution in [0.3, 0.4) is 0 Å². The molecule has 2 aromatic carbocycles. The van der Waals surface area contributed by atoms with Crippen LogP contribution in [-0.2, 0) is 0 Å². The van der Waals surface area contributed by atoms with E-state index in [0.717, 1.165) is 37.7 Å². The van der Waals surface area contributed by atoms with Gasteiger partial charge >= 0.3 is 0 Å². The molecule has 0 saturated carbocycles. The minimum atomic E-state index is 0.645. The summed E-state index contributed by atoms with van der Waals surface area (Å²) in [7, 11) is 0. The van der Waals surface area contributed by atoms with E-state index in [1.54, 1.807) is 0 Å². The summed E-state index contributed by atoms with van der Waals surface area (Å²) in [5.41, 5.74) is 4.75. The fraction of sp³-hybridized carbons (Fsp3) is 0.273. The average molecular weight is 359 g/mol. The van der Waals surface area contributed by atoms with Crippen LogP contribution in [0.15, 0.2) is 60.8 Å². The number of hydrogen-bond acceptors (Lipinski definition) is 5. The fourth-order valence-electron chi connectivity index (χ4n) is 3.41. The predicted octanol–water partition coefficient (Wildman–Crippen LogP) is 4.16. The molecule has 5 heteroatoms. The Morgan fingerprint density at radius 3 is 2.37 bits per heavy atom. The zero-order valence-corrected chi connectivity index (χ0v) is 15.9. The first kappa shape index (κ1) is 17.3. The van der Waals surface area contributed by atoms with E-state index in [4.69, 9.17) is 4.98 Å². The summed E-state index contributed by atoms with van der Waals surface area (Å²) in [5, 5.41) is 3.37. The molecule has 4 rings (SSSR count). The Bertz CT molecular complexity index is 902. The molecule has 1 saturated heterocycles. The van der Waals surface area contributed by atoms with Gasteiger partial charge in [0, 0.05) is 43.8 Å². The van der Waals surface area contributed by atoms with Crippen LogP contribution in [0.4, 0.5) is 23.1 Å². The van der Waals surface area contributed by atoms with E-state index < -0.39 is 0 Å². The van der Waals surface area contributed by atoms with Crippen LogP contribution in [0.25, 0.3) is 0 Å². The van der Waals surface area contributed by atoms with Crippen LogP contribution < -0.4 is 15.1 Å². The van der Waals surface area contributed by atoms with E-state index in [9.17, 15) is 0 Å². The van der Waals surface area contributed by atoms with Crippen molar-refractivity contribution < 1.29 is 0 Å². The maximum atomic E-state index is 4.75. The molecule has 0 radical (unpaired) electrons. The zero-order valence-electron chi connectivity index (χ0n) is 15.9. The number of aryl methyl sites for hydroxylation is 2. The highest BCUT2D eigenvalue weighted by atomic mass is 15.3. The lowest BCUT2D eigenvalue weighted by molar-refractivity contribution is 0.647. The van der Waals surface area contributed by atoms with Gasteiger partial charge in [-0.3, -0.25) is 0 Å². The van der Waals surface area contributed by atoms with Gasteiger partial charge in [0.2, 0.25) is 5.95 Å². The zero-order chi connectivity index (χ0) is 18.6. The molecule has 0 atom stereocenters. The Morgan fingerprint density at radius 2 is 1.59 bits per heavy atom. The summed E-state index contributed by atoms with van der Waals surface area (Å²) >= 11 is 0. The summed E-state index contributed by atoms with van der Waals surface area (Å²) in [4.78, 5) is 13.9. The van der Waals surface area contributed by atoms with E-state index >= 15 is 0 Å². The predicted molar refractivity (Wildman–Crippen MR) is 112 cm³/mol. The lowest BCUT2D eigenvalue weighted by Gasteiger charge is -2.36. The van der Waals surface area contributed by atoms with Crippen molar-refractivity contribution in [1.82, 2.24) is 9.97 Å². The van der Waals surface area contributed by atoms with Crippen molar-refractivity contribution in [2.45, 2.75) is 13.8 Å². The summed E-state index contributed by atoms with van der Waals surface area (Å²) in [6.45, 7) is 8.08. The third kappa shape index (κ3) is 4.03. The molecule has 0 aliphatic carbocycles.